The average Bonchev–Trinajstić information content (AvgIpc) is 1.58. The number of carbonyl (C=O) groups is 4. The first-order valence-electron chi connectivity index (χ1n) is 34.4. The van der Waals surface area contributed by atoms with Gasteiger partial charge in [-0.3, -0.25) is 28.5 Å². The summed E-state index contributed by atoms with van der Waals surface area (Å²) in [5.74, 6) is 2.99. The second-order valence-corrected chi connectivity index (χ2v) is 28.6. The van der Waals surface area contributed by atoms with Crippen LogP contribution in [0, 0.1) is 68.2 Å². The Morgan fingerprint density at radius 2 is 0.970 bits per heavy atom. The molecule has 7 heterocycles. The number of halogens is 4. The Morgan fingerprint density at radius 3 is 1.41 bits per heavy atom. The third-order valence-corrected chi connectivity index (χ3v) is 21.0. The lowest BCUT2D eigenvalue weighted by molar-refractivity contribution is -0.121. The highest BCUT2D eigenvalue weighted by Crippen LogP contribution is 2.46. The molecule has 0 N–H and O–H groups in total. The summed E-state index contributed by atoms with van der Waals surface area (Å²) in [6, 6.07) is 24.7. The number of amides is 2. The van der Waals surface area contributed by atoms with E-state index in [4.69, 9.17) is 85.3 Å². The molecule has 5 aromatic carbocycles. The van der Waals surface area contributed by atoms with E-state index in [-0.39, 0.29) is 18.4 Å². The quantitative estimate of drug-likeness (QED) is 0.0413. The number of aryl methyl sites for hydroxylation is 13. The number of rotatable bonds is 24. The van der Waals surface area contributed by atoms with Crippen molar-refractivity contribution in [3.05, 3.63) is 183 Å². The minimum absolute atomic E-state index is 0.0374. The van der Waals surface area contributed by atoms with E-state index in [1.807, 2.05) is 156 Å². The molecule has 0 aliphatic carbocycles. The van der Waals surface area contributed by atoms with E-state index in [0.717, 1.165) is 146 Å². The SMILES string of the molecule is Cc1cc(CN2CCCn3c(c(CCCOc4cc(C)c(Cl)c(C)c4)c4ccc(Cl)c(-c5c(C)nn(C)c5C)c43)C2=O)cc(OC=O)c1.Cc1cc(OCCCc2c3n(c4c(-c5c(C)nn(C)c5C)c(Cl)ccc24)CCCN(Cc2cc(OC=O)cc(OCCC(C)C)n2)C3=O)cc(C)c1Cl. The Bertz CT molecular complexity index is 4790. The van der Waals surface area contributed by atoms with Crippen LogP contribution in [0.5, 0.6) is 28.9 Å². The lowest BCUT2D eigenvalue weighted by atomic mass is 9.98. The van der Waals surface area contributed by atoms with Crippen molar-refractivity contribution in [1.29, 1.82) is 0 Å². The molecule has 530 valence electrons. The van der Waals surface area contributed by atoms with Crippen LogP contribution in [0.4, 0.5) is 0 Å². The average molecular weight is 1450 g/mol. The maximum atomic E-state index is 14.9. The Kier molecular flexibility index (Phi) is 23.0. The van der Waals surface area contributed by atoms with Gasteiger partial charge in [-0.25, -0.2) is 4.98 Å². The molecule has 22 heteroatoms. The second-order valence-electron chi connectivity index (χ2n) is 27.0. The zero-order chi connectivity index (χ0) is 72.2. The molecule has 5 aromatic heterocycles. The minimum Gasteiger partial charge on any atom is -0.494 e. The normalized spacial score (nSPS) is 13.1. The summed E-state index contributed by atoms with van der Waals surface area (Å²) in [4.78, 5) is 60.3. The van der Waals surface area contributed by atoms with E-state index < -0.39 is 0 Å². The van der Waals surface area contributed by atoms with Gasteiger partial charge < -0.3 is 42.6 Å². The largest absolute Gasteiger partial charge is 0.494 e. The summed E-state index contributed by atoms with van der Waals surface area (Å²) in [6.07, 6.45) is 4.94. The summed E-state index contributed by atoms with van der Waals surface area (Å²) in [5, 5.41) is 14.1. The van der Waals surface area contributed by atoms with Gasteiger partial charge in [0.25, 0.3) is 24.8 Å². The summed E-state index contributed by atoms with van der Waals surface area (Å²) in [7, 11) is 3.87. The molecule has 10 aromatic rings. The van der Waals surface area contributed by atoms with Crippen LogP contribution >= 0.6 is 46.4 Å². The van der Waals surface area contributed by atoms with Gasteiger partial charge in [-0.15, -0.1) is 0 Å². The number of ether oxygens (including phenoxy) is 5. The van der Waals surface area contributed by atoms with E-state index in [1.165, 1.54) is 0 Å². The van der Waals surface area contributed by atoms with Crippen LogP contribution in [0.3, 0.4) is 0 Å². The number of benzene rings is 5. The first-order chi connectivity index (χ1) is 48.3. The monoisotopic (exact) mass is 1450 g/mol. The van der Waals surface area contributed by atoms with Crippen molar-refractivity contribution in [3.63, 3.8) is 0 Å². The highest BCUT2D eigenvalue weighted by Gasteiger charge is 2.35. The number of fused-ring (bicyclic) bond motifs is 6. The van der Waals surface area contributed by atoms with Gasteiger partial charge in [0.2, 0.25) is 5.88 Å². The third kappa shape index (κ3) is 15.7. The molecule has 101 heavy (non-hydrogen) atoms. The van der Waals surface area contributed by atoms with Crippen LogP contribution in [-0.2, 0) is 62.7 Å². The van der Waals surface area contributed by atoms with Crippen molar-refractivity contribution in [2.75, 3.05) is 32.9 Å². The molecule has 2 aliphatic heterocycles. The number of aromatic nitrogens is 7. The van der Waals surface area contributed by atoms with Crippen molar-refractivity contribution < 1.29 is 42.9 Å². The molecule has 2 amide bonds. The molecule has 0 saturated carbocycles. The molecule has 0 bridgehead atoms. The minimum atomic E-state index is -0.106. The lowest BCUT2D eigenvalue weighted by Crippen LogP contribution is -2.31. The number of hydrogen-bond acceptors (Lipinski definition) is 12. The van der Waals surface area contributed by atoms with Crippen LogP contribution in [0.1, 0.15) is 140 Å². The highest BCUT2D eigenvalue weighted by molar-refractivity contribution is 6.36. The molecule has 0 spiro atoms. The van der Waals surface area contributed by atoms with Gasteiger partial charge in [0, 0.05) is 113 Å². The standard InChI is InChI=1S/C41H47Cl2N5O5.C38H40Cl2N4O4/c1-24(2)13-17-52-35-21-31(53-23-49)20-29(44-35)22-47-14-9-15-48-39-33(11-12-34(42)37(39)36-27(5)45-46(7)28(36)6)32(40(48)41(47)50)10-8-16-51-30-18-25(3)38(43)26(4)19-30;1-22-15-27(19-28(16-22)48-21-45)20-43-12-8-13-44-36-31(10-11-32(39)34(36)33-25(4)41-42(6)26(33)5)30(37(44)38(43)46)9-7-14-47-29-17-23(2)35(40)24(3)18-29/h11-12,18-21,23-24H,8-10,13-17,22H2,1-7H3;10-11,15-19,21H,7-9,12-14,20H2,1-6H3. The van der Waals surface area contributed by atoms with E-state index in [1.54, 1.807) is 18.2 Å². The zero-order valence-electron chi connectivity index (χ0n) is 59.8. The molecule has 2 aliphatic rings. The fourth-order valence-corrected chi connectivity index (χ4v) is 15.1. The van der Waals surface area contributed by atoms with Gasteiger partial charge in [-0.1, -0.05) is 78.5 Å². The van der Waals surface area contributed by atoms with Crippen molar-refractivity contribution in [3.8, 4) is 51.1 Å². The fraction of sp³-hybridized carbons (Fsp3) is 0.380. The molecule has 0 unspecified atom stereocenters. The van der Waals surface area contributed by atoms with Crippen molar-refractivity contribution in [2.45, 2.75) is 147 Å². The van der Waals surface area contributed by atoms with Crippen LogP contribution in [0.2, 0.25) is 20.1 Å². The van der Waals surface area contributed by atoms with E-state index in [0.29, 0.717) is 148 Å². The Hall–Kier alpha value is -8.81. The van der Waals surface area contributed by atoms with Gasteiger partial charge in [-0.05, 0) is 206 Å². The third-order valence-electron chi connectivity index (χ3n) is 19.2. The summed E-state index contributed by atoms with van der Waals surface area (Å²) >= 11 is 26.9. The molecular weight excluding hydrogens is 1360 g/mol. The fourth-order valence-electron chi connectivity index (χ4n) is 14.3. The topological polar surface area (TPSA) is 179 Å². The molecule has 12 rings (SSSR count). The van der Waals surface area contributed by atoms with Gasteiger partial charge in [0.15, 0.2) is 0 Å². The molecule has 0 saturated heterocycles. The van der Waals surface area contributed by atoms with Crippen LogP contribution in [0.25, 0.3) is 44.1 Å². The van der Waals surface area contributed by atoms with E-state index in [2.05, 4.69) is 23.0 Å². The smallest absolute Gasteiger partial charge is 0.298 e. The molecule has 0 atom stereocenters. The van der Waals surface area contributed by atoms with Gasteiger partial charge >= 0.3 is 0 Å². The van der Waals surface area contributed by atoms with Crippen molar-refractivity contribution >= 4 is 93.0 Å². The molecular formula is C79H87Cl4N9O9. The predicted molar refractivity (Wildman–Crippen MR) is 399 cm³/mol. The van der Waals surface area contributed by atoms with Crippen molar-refractivity contribution in [2.24, 2.45) is 20.0 Å². The summed E-state index contributed by atoms with van der Waals surface area (Å²) in [5.41, 5.74) is 19.0. The van der Waals surface area contributed by atoms with Crippen LogP contribution in [-0.4, -0.2) is 101 Å². The zero-order valence-corrected chi connectivity index (χ0v) is 62.8. The van der Waals surface area contributed by atoms with E-state index in [9.17, 15) is 19.2 Å². The van der Waals surface area contributed by atoms with Crippen molar-refractivity contribution in [1.82, 2.24) is 43.5 Å². The molecule has 18 nitrogen and oxygen atoms in total. The maximum absolute atomic E-state index is 14.9. The van der Waals surface area contributed by atoms with Gasteiger partial charge in [-0.2, -0.15) is 10.2 Å². The molecule has 0 radical (unpaired) electrons. The Labute approximate surface area is 610 Å². The number of carbonyl (C=O) groups excluding carboxylic acids is 4. The lowest BCUT2D eigenvalue weighted by Gasteiger charge is -2.22. The van der Waals surface area contributed by atoms with Crippen LogP contribution in [0.15, 0.2) is 78.9 Å². The Morgan fingerprint density at radius 1 is 0.515 bits per heavy atom. The summed E-state index contributed by atoms with van der Waals surface area (Å²) in [6.45, 7) is 27.3. The first kappa shape index (κ1) is 73.4. The second kappa shape index (κ2) is 31.6. The molecule has 0 fully saturated rings. The predicted octanol–water partition coefficient (Wildman–Crippen LogP) is 17.5. The van der Waals surface area contributed by atoms with E-state index >= 15 is 0 Å². The maximum Gasteiger partial charge on any atom is 0.298 e. The van der Waals surface area contributed by atoms with Gasteiger partial charge in [0.1, 0.15) is 34.4 Å². The van der Waals surface area contributed by atoms with Gasteiger partial charge in [0.05, 0.1) is 64.5 Å². The number of hydrogen-bond donors (Lipinski definition) is 0. The summed E-state index contributed by atoms with van der Waals surface area (Å²) < 4.78 is 36.8. The van der Waals surface area contributed by atoms with Crippen LogP contribution < -0.4 is 23.7 Å². The highest BCUT2D eigenvalue weighted by atomic mass is 35.5. The Balaban J connectivity index is 0.000000204. The number of nitrogens with zero attached hydrogens (tertiary/aromatic N) is 9. The first-order valence-corrected chi connectivity index (χ1v) is 35.9. The number of pyridine rings is 1.